The predicted octanol–water partition coefficient (Wildman–Crippen LogP) is 5.83. The molecule has 3 saturated carbocycles. The van der Waals surface area contributed by atoms with E-state index in [1.165, 1.54) is 36.8 Å². The monoisotopic (exact) mass is 404 g/mol. The van der Waals surface area contributed by atoms with Crippen molar-refractivity contribution >= 4 is 0 Å². The van der Waals surface area contributed by atoms with Crippen LogP contribution in [0.2, 0.25) is 0 Å². The second-order valence-corrected chi connectivity index (χ2v) is 5.88. The molecule has 0 heterocycles. The molecule has 0 N–H and O–H groups in total. The van der Waals surface area contributed by atoms with Crippen LogP contribution in [0.4, 0.5) is 0 Å². The van der Waals surface area contributed by atoms with Crippen molar-refractivity contribution in [2.45, 2.75) is 25.7 Å². The molecule has 1 heteroatoms. The molecule has 3 aliphatic carbocycles. The van der Waals surface area contributed by atoms with Crippen LogP contribution >= 0.6 is 0 Å². The van der Waals surface area contributed by atoms with Crippen molar-refractivity contribution in [3.8, 4) is 0 Å². The van der Waals surface area contributed by atoms with Gasteiger partial charge in [-0.15, -0.1) is 12.1 Å². The van der Waals surface area contributed by atoms with Gasteiger partial charge in [0.1, 0.15) is 0 Å². The van der Waals surface area contributed by atoms with Gasteiger partial charge >= 0.3 is 26.2 Å². The quantitative estimate of drug-likeness (QED) is 0.516. The van der Waals surface area contributed by atoms with Gasteiger partial charge in [-0.3, -0.25) is 0 Å². The van der Waals surface area contributed by atoms with E-state index in [4.69, 9.17) is 0 Å². The molecule has 0 spiro atoms. The molecule has 4 rings (SSSR count). The van der Waals surface area contributed by atoms with Gasteiger partial charge in [-0.05, 0) is 70.6 Å². The molecule has 0 aromatic heterocycles. The van der Waals surface area contributed by atoms with Crippen LogP contribution in [0.25, 0.3) is 0 Å². The molecule has 1 unspecified atom stereocenters. The van der Waals surface area contributed by atoms with Gasteiger partial charge in [-0.1, -0.05) is 25.3 Å². The summed E-state index contributed by atoms with van der Waals surface area (Å²) in [5, 5.41) is 0. The second-order valence-electron chi connectivity index (χ2n) is 5.88. The Morgan fingerprint density at radius 3 is 1.64 bits per heavy atom. The zero-order valence-electron chi connectivity index (χ0n) is 14.8. The molecule has 1 atom stereocenters. The molecular weight excluding hydrogens is 379 g/mol. The van der Waals surface area contributed by atoms with Crippen LogP contribution in [0.5, 0.6) is 0 Å². The third-order valence-electron chi connectivity index (χ3n) is 3.93. The van der Waals surface area contributed by atoms with Crippen molar-refractivity contribution in [3.05, 3.63) is 119 Å². The average molecular weight is 406 g/mol. The summed E-state index contributed by atoms with van der Waals surface area (Å²) in [5.74, 6) is 0.490. The SMILES string of the molecule is [CH2-]C1CCCCC1=[C-]c1ccccc1.[CH]1[CH][CH][CH][CH]1.[CH]1[CH][CH][CH][CH]1.[Zr+2]. The Bertz CT molecular complexity index is 415. The van der Waals surface area contributed by atoms with Crippen molar-refractivity contribution in [1.29, 1.82) is 0 Å². The first-order valence-corrected chi connectivity index (χ1v) is 8.70. The molecule has 0 bridgehead atoms. The van der Waals surface area contributed by atoms with Crippen molar-refractivity contribution in [2.24, 2.45) is 5.92 Å². The second kappa shape index (κ2) is 15.0. The first-order valence-electron chi connectivity index (χ1n) is 8.70. The van der Waals surface area contributed by atoms with Crippen molar-refractivity contribution in [1.82, 2.24) is 0 Å². The zero-order valence-corrected chi connectivity index (χ0v) is 17.2. The third kappa shape index (κ3) is 10.5. The average Bonchev–Trinajstić information content (AvgIpc) is 3.37. The summed E-state index contributed by atoms with van der Waals surface area (Å²) >= 11 is 0. The van der Waals surface area contributed by atoms with Gasteiger partial charge in [0.05, 0.1) is 0 Å². The normalized spacial score (nSPS) is 23.7. The molecule has 0 nitrogen and oxygen atoms in total. The molecule has 0 saturated heterocycles. The molecule has 1 aromatic rings. The summed E-state index contributed by atoms with van der Waals surface area (Å²) in [6.45, 7) is 4.18. The summed E-state index contributed by atoms with van der Waals surface area (Å²) < 4.78 is 0. The number of benzene rings is 1. The Kier molecular flexibility index (Phi) is 13.7. The summed E-state index contributed by atoms with van der Waals surface area (Å²) in [6.07, 6.45) is 28.5. The van der Waals surface area contributed by atoms with E-state index in [2.05, 4.69) is 37.3 Å². The van der Waals surface area contributed by atoms with Crippen LogP contribution in [-0.2, 0) is 26.2 Å². The number of rotatable bonds is 1. The van der Waals surface area contributed by atoms with E-state index < -0.39 is 0 Å². The maximum atomic E-state index is 4.18. The molecule has 1 aromatic carbocycles. The molecular formula is C24H26Zr. The number of hydrogen-bond acceptors (Lipinski definition) is 0. The van der Waals surface area contributed by atoms with Crippen LogP contribution in [0.3, 0.4) is 0 Å². The molecule has 3 aliphatic rings. The first kappa shape index (κ1) is 22.9. The molecule has 25 heavy (non-hydrogen) atoms. The maximum Gasteiger partial charge on any atom is 2.00 e. The Labute approximate surface area is 176 Å². The van der Waals surface area contributed by atoms with Gasteiger partial charge in [0.25, 0.3) is 0 Å². The van der Waals surface area contributed by atoms with Gasteiger partial charge in [0.2, 0.25) is 0 Å². The van der Waals surface area contributed by atoms with E-state index >= 15 is 0 Å². The fourth-order valence-electron chi connectivity index (χ4n) is 2.60. The Morgan fingerprint density at radius 1 is 0.720 bits per heavy atom. The van der Waals surface area contributed by atoms with E-state index in [1.54, 1.807) is 0 Å². The topological polar surface area (TPSA) is 0 Å². The third-order valence-corrected chi connectivity index (χ3v) is 3.93. The summed E-state index contributed by atoms with van der Waals surface area (Å²) in [6, 6.07) is 10.4. The largest absolute Gasteiger partial charge is 2.00 e. The number of hydrogen-bond donors (Lipinski definition) is 0. The number of allylic oxidation sites excluding steroid dienone is 1. The minimum absolute atomic E-state index is 0. The Morgan fingerprint density at radius 2 is 1.20 bits per heavy atom. The van der Waals surface area contributed by atoms with E-state index in [1.807, 2.05) is 70.3 Å². The Hall–Kier alpha value is -0.157. The van der Waals surface area contributed by atoms with Crippen LogP contribution in [-0.4, -0.2) is 0 Å². The molecule has 0 aliphatic heterocycles. The maximum absolute atomic E-state index is 4.18. The fourth-order valence-corrected chi connectivity index (χ4v) is 2.60. The standard InChI is InChI=1S/C14H16.2C5H5.Zr/c1-12-7-5-6-10-14(12)11-13-8-3-2-4-9-13;2*1-2-4-5-3-1;/h2-4,8-9,12H,1,5-7,10H2;2*1-5H;/q-2;;;+2. The summed E-state index contributed by atoms with van der Waals surface area (Å²) in [7, 11) is 0. The minimum atomic E-state index is 0. The van der Waals surface area contributed by atoms with Gasteiger partial charge in [-0.2, -0.15) is 35.3 Å². The van der Waals surface area contributed by atoms with Crippen LogP contribution in [0.1, 0.15) is 31.2 Å². The first-order chi connectivity index (χ1) is 11.9. The molecule has 10 radical (unpaired) electrons. The van der Waals surface area contributed by atoms with Crippen molar-refractivity contribution in [2.75, 3.05) is 0 Å². The summed E-state index contributed by atoms with van der Waals surface area (Å²) in [5.41, 5.74) is 2.60. The minimum Gasteiger partial charge on any atom is -0.337 e. The van der Waals surface area contributed by atoms with Crippen LogP contribution in [0.15, 0.2) is 35.9 Å². The van der Waals surface area contributed by atoms with Crippen LogP contribution in [0, 0.1) is 83.1 Å². The van der Waals surface area contributed by atoms with E-state index in [-0.39, 0.29) is 26.2 Å². The van der Waals surface area contributed by atoms with Gasteiger partial charge in [0.15, 0.2) is 0 Å². The van der Waals surface area contributed by atoms with Crippen molar-refractivity contribution in [3.63, 3.8) is 0 Å². The van der Waals surface area contributed by atoms with E-state index in [9.17, 15) is 0 Å². The molecule has 3 fully saturated rings. The predicted molar refractivity (Wildman–Crippen MR) is 103 cm³/mol. The zero-order chi connectivity index (χ0) is 16.9. The van der Waals surface area contributed by atoms with Crippen LogP contribution < -0.4 is 0 Å². The van der Waals surface area contributed by atoms with Gasteiger partial charge < -0.3 is 6.92 Å². The molecule has 126 valence electrons. The summed E-state index contributed by atoms with van der Waals surface area (Å²) in [4.78, 5) is 0. The molecule has 0 amide bonds. The van der Waals surface area contributed by atoms with Crippen molar-refractivity contribution < 1.29 is 26.2 Å². The van der Waals surface area contributed by atoms with E-state index in [0.29, 0.717) is 5.92 Å². The van der Waals surface area contributed by atoms with Gasteiger partial charge in [0, 0.05) is 0 Å². The smallest absolute Gasteiger partial charge is 0.337 e. The van der Waals surface area contributed by atoms with E-state index in [0.717, 1.165) is 0 Å². The Balaban J connectivity index is 0.000000233. The fraction of sp³-hybridized carbons (Fsp3) is 0.208. The van der Waals surface area contributed by atoms with Gasteiger partial charge in [-0.25, -0.2) is 0 Å².